The summed E-state index contributed by atoms with van der Waals surface area (Å²) in [5.74, 6) is 0.521. The summed E-state index contributed by atoms with van der Waals surface area (Å²) in [6.07, 6.45) is 1.65. The van der Waals surface area contributed by atoms with Crippen LogP contribution in [0.25, 0.3) is 22.2 Å². The molecule has 0 aliphatic rings. The summed E-state index contributed by atoms with van der Waals surface area (Å²) in [6.45, 7) is 0. The van der Waals surface area contributed by atoms with Gasteiger partial charge < -0.3 is 10.5 Å². The summed E-state index contributed by atoms with van der Waals surface area (Å²) < 4.78 is 6.21. The number of ether oxygens (including phenoxy) is 1. The summed E-state index contributed by atoms with van der Waals surface area (Å²) in [4.78, 5) is 15.6. The lowest BCUT2D eigenvalue weighted by atomic mass is 10.1. The smallest absolute Gasteiger partial charge is 0.340 e. The van der Waals surface area contributed by atoms with Crippen LogP contribution in [0.4, 0.5) is 4.79 Å². The fraction of sp³-hybridized carbons (Fsp3) is 0.0714. The van der Waals surface area contributed by atoms with E-state index in [1.807, 2.05) is 24.3 Å². The van der Waals surface area contributed by atoms with Crippen molar-refractivity contribution in [2.45, 2.75) is 0 Å². The van der Waals surface area contributed by atoms with Gasteiger partial charge >= 0.3 is 6.03 Å². The van der Waals surface area contributed by atoms with Gasteiger partial charge in [0.05, 0.1) is 12.6 Å². The van der Waals surface area contributed by atoms with Gasteiger partial charge in [-0.1, -0.05) is 18.2 Å². The molecule has 20 heavy (non-hydrogen) atoms. The second kappa shape index (κ2) is 4.65. The molecule has 6 nitrogen and oxygen atoms in total. The van der Waals surface area contributed by atoms with Gasteiger partial charge in [0.25, 0.3) is 0 Å². The molecule has 0 unspecified atom stereocenters. The van der Waals surface area contributed by atoms with Crippen LogP contribution in [0.3, 0.4) is 0 Å². The Labute approximate surface area is 114 Å². The largest absolute Gasteiger partial charge is 0.481 e. The first kappa shape index (κ1) is 12.2. The van der Waals surface area contributed by atoms with Crippen molar-refractivity contribution in [1.29, 1.82) is 0 Å². The number of primary amides is 1. The van der Waals surface area contributed by atoms with E-state index >= 15 is 0 Å². The minimum atomic E-state index is -0.617. The van der Waals surface area contributed by atoms with Gasteiger partial charge in [0, 0.05) is 23.2 Å². The van der Waals surface area contributed by atoms with Crippen molar-refractivity contribution in [3.63, 3.8) is 0 Å². The summed E-state index contributed by atoms with van der Waals surface area (Å²) >= 11 is 0. The summed E-state index contributed by atoms with van der Waals surface area (Å²) in [5, 5.41) is 5.12. The molecule has 2 aromatic heterocycles. The standard InChI is InChI=1S/C14H12N4O2/c1-20-12-7-6-9(8-16-12)13-10-4-2-3-5-11(10)18(17-13)14(15)19/h2-8H,1H3,(H2,15,19). The lowest BCUT2D eigenvalue weighted by molar-refractivity contribution is 0.248. The van der Waals surface area contributed by atoms with Gasteiger partial charge in [-0.25, -0.2) is 9.78 Å². The minimum absolute atomic E-state index is 0.521. The van der Waals surface area contributed by atoms with Crippen LogP contribution >= 0.6 is 0 Å². The fourth-order valence-corrected chi connectivity index (χ4v) is 2.09. The van der Waals surface area contributed by atoms with E-state index in [2.05, 4.69) is 10.1 Å². The summed E-state index contributed by atoms with van der Waals surface area (Å²) in [6, 6.07) is 10.4. The maximum absolute atomic E-state index is 11.4. The SMILES string of the molecule is COc1ccc(-c2nn(C(N)=O)c3ccccc23)cn1. The van der Waals surface area contributed by atoms with E-state index in [0.29, 0.717) is 17.1 Å². The molecule has 2 N–H and O–H groups in total. The number of nitrogens with zero attached hydrogens (tertiary/aromatic N) is 3. The van der Waals surface area contributed by atoms with Crippen LogP contribution in [0.2, 0.25) is 0 Å². The van der Waals surface area contributed by atoms with Crippen LogP contribution in [0.5, 0.6) is 5.88 Å². The van der Waals surface area contributed by atoms with Gasteiger partial charge in [0.2, 0.25) is 5.88 Å². The molecule has 0 spiro atoms. The van der Waals surface area contributed by atoms with Crippen LogP contribution in [-0.4, -0.2) is 27.9 Å². The molecule has 0 saturated heterocycles. The third-order valence-corrected chi connectivity index (χ3v) is 3.02. The van der Waals surface area contributed by atoms with Gasteiger partial charge in [-0.3, -0.25) is 0 Å². The minimum Gasteiger partial charge on any atom is -0.481 e. The Balaban J connectivity index is 2.22. The first-order valence-corrected chi connectivity index (χ1v) is 5.98. The molecule has 0 aliphatic heterocycles. The number of rotatable bonds is 2. The summed E-state index contributed by atoms with van der Waals surface area (Å²) in [5.41, 5.74) is 7.47. The molecule has 3 aromatic rings. The Kier molecular flexibility index (Phi) is 2.83. The van der Waals surface area contributed by atoms with Crippen molar-refractivity contribution in [3.8, 4) is 17.1 Å². The number of hydrogen-bond donors (Lipinski definition) is 1. The molecule has 0 bridgehead atoms. The number of aromatic nitrogens is 3. The number of amides is 1. The normalized spacial score (nSPS) is 10.7. The molecule has 0 radical (unpaired) electrons. The topological polar surface area (TPSA) is 83.0 Å². The summed E-state index contributed by atoms with van der Waals surface area (Å²) in [7, 11) is 1.55. The van der Waals surface area contributed by atoms with Gasteiger partial charge in [-0.15, -0.1) is 0 Å². The van der Waals surface area contributed by atoms with Gasteiger partial charge in [-0.2, -0.15) is 9.78 Å². The van der Waals surface area contributed by atoms with Crippen LogP contribution in [0, 0.1) is 0 Å². The number of nitrogens with two attached hydrogens (primary N) is 1. The fourth-order valence-electron chi connectivity index (χ4n) is 2.09. The molecular weight excluding hydrogens is 256 g/mol. The average Bonchev–Trinajstić information content (AvgIpc) is 2.87. The second-order valence-corrected chi connectivity index (χ2v) is 4.21. The number of carbonyl (C=O) groups is 1. The predicted molar refractivity (Wildman–Crippen MR) is 74.5 cm³/mol. The quantitative estimate of drug-likeness (QED) is 0.770. The Morgan fingerprint density at radius 2 is 2.05 bits per heavy atom. The Bertz CT molecular complexity index is 777. The van der Waals surface area contributed by atoms with E-state index in [1.54, 1.807) is 25.4 Å². The van der Waals surface area contributed by atoms with E-state index in [-0.39, 0.29) is 0 Å². The first-order chi connectivity index (χ1) is 9.70. The van der Waals surface area contributed by atoms with E-state index in [4.69, 9.17) is 10.5 Å². The number of carbonyl (C=O) groups excluding carboxylic acids is 1. The first-order valence-electron chi connectivity index (χ1n) is 5.98. The molecule has 0 aliphatic carbocycles. The molecule has 3 rings (SSSR count). The Hall–Kier alpha value is -2.89. The zero-order valence-electron chi connectivity index (χ0n) is 10.8. The molecule has 1 aromatic carbocycles. The molecule has 100 valence electrons. The van der Waals surface area contributed by atoms with Crippen molar-refractivity contribution in [3.05, 3.63) is 42.6 Å². The van der Waals surface area contributed by atoms with Gasteiger partial charge in [-0.05, 0) is 12.1 Å². The predicted octanol–water partition coefficient (Wildman–Crippen LogP) is 2.03. The lowest BCUT2D eigenvalue weighted by Gasteiger charge is -2.00. The highest BCUT2D eigenvalue weighted by atomic mass is 16.5. The highest BCUT2D eigenvalue weighted by Crippen LogP contribution is 2.27. The molecule has 0 fully saturated rings. The molecule has 2 heterocycles. The van der Waals surface area contributed by atoms with Crippen molar-refractivity contribution >= 4 is 16.9 Å². The van der Waals surface area contributed by atoms with Crippen LogP contribution in [-0.2, 0) is 0 Å². The van der Waals surface area contributed by atoms with E-state index < -0.39 is 6.03 Å². The number of fused-ring (bicyclic) bond motifs is 1. The maximum atomic E-state index is 11.4. The van der Waals surface area contributed by atoms with Crippen molar-refractivity contribution in [1.82, 2.24) is 14.8 Å². The Morgan fingerprint density at radius 1 is 1.25 bits per heavy atom. The van der Waals surface area contributed by atoms with Crippen molar-refractivity contribution in [2.24, 2.45) is 5.73 Å². The molecule has 0 saturated carbocycles. The molecule has 1 amide bonds. The molecule has 0 atom stereocenters. The number of pyridine rings is 1. The number of para-hydroxylation sites is 1. The highest BCUT2D eigenvalue weighted by Gasteiger charge is 2.14. The van der Waals surface area contributed by atoms with Crippen LogP contribution in [0.15, 0.2) is 42.6 Å². The van der Waals surface area contributed by atoms with Crippen molar-refractivity contribution < 1.29 is 9.53 Å². The molecule has 6 heteroatoms. The zero-order valence-corrected chi connectivity index (χ0v) is 10.8. The number of benzene rings is 1. The van der Waals surface area contributed by atoms with E-state index in [1.165, 1.54) is 4.68 Å². The van der Waals surface area contributed by atoms with Crippen LogP contribution in [0.1, 0.15) is 0 Å². The van der Waals surface area contributed by atoms with Crippen molar-refractivity contribution in [2.75, 3.05) is 7.11 Å². The van der Waals surface area contributed by atoms with E-state index in [9.17, 15) is 4.79 Å². The van der Waals surface area contributed by atoms with E-state index in [0.717, 1.165) is 10.9 Å². The monoisotopic (exact) mass is 268 g/mol. The second-order valence-electron chi connectivity index (χ2n) is 4.21. The zero-order chi connectivity index (χ0) is 14.1. The Morgan fingerprint density at radius 3 is 2.70 bits per heavy atom. The van der Waals surface area contributed by atoms with Gasteiger partial charge in [0.1, 0.15) is 5.69 Å². The highest BCUT2D eigenvalue weighted by molar-refractivity contribution is 5.98. The number of hydrogen-bond acceptors (Lipinski definition) is 4. The van der Waals surface area contributed by atoms with Gasteiger partial charge in [0.15, 0.2) is 0 Å². The van der Waals surface area contributed by atoms with Crippen LogP contribution < -0.4 is 10.5 Å². The third kappa shape index (κ3) is 1.87. The average molecular weight is 268 g/mol. The number of methoxy groups -OCH3 is 1. The lowest BCUT2D eigenvalue weighted by Crippen LogP contribution is -2.20. The third-order valence-electron chi connectivity index (χ3n) is 3.02. The maximum Gasteiger partial charge on any atom is 0.340 e. The molecular formula is C14H12N4O2.